The summed E-state index contributed by atoms with van der Waals surface area (Å²) in [5, 5.41) is 3.91. The number of likely N-dealkylation sites (tertiary alicyclic amines) is 1. The van der Waals surface area contributed by atoms with E-state index in [9.17, 15) is 9.59 Å². The number of hydrogen-bond donors (Lipinski definition) is 1. The van der Waals surface area contributed by atoms with E-state index in [4.69, 9.17) is 23.2 Å². The van der Waals surface area contributed by atoms with Crippen molar-refractivity contribution in [2.24, 2.45) is 0 Å². The second-order valence-corrected chi connectivity index (χ2v) is 6.91. The summed E-state index contributed by atoms with van der Waals surface area (Å²) in [7, 11) is 0. The zero-order valence-electron chi connectivity index (χ0n) is 13.6. The first-order valence-electron chi connectivity index (χ1n) is 8.16. The van der Waals surface area contributed by atoms with E-state index < -0.39 is 0 Å². The van der Waals surface area contributed by atoms with E-state index in [1.807, 2.05) is 0 Å². The van der Waals surface area contributed by atoms with Crippen molar-refractivity contribution in [1.82, 2.24) is 4.90 Å². The van der Waals surface area contributed by atoms with Gasteiger partial charge in [-0.2, -0.15) is 0 Å². The molecule has 2 amide bonds. The van der Waals surface area contributed by atoms with Crippen molar-refractivity contribution in [1.29, 1.82) is 0 Å². The van der Waals surface area contributed by atoms with Crippen LogP contribution in [0.4, 0.5) is 5.69 Å². The maximum atomic E-state index is 12.7. The van der Waals surface area contributed by atoms with Gasteiger partial charge in [0, 0.05) is 23.1 Å². The zero-order valence-corrected chi connectivity index (χ0v) is 15.1. The SMILES string of the molecule is O=C(Cc1ccc(Cl)cc1)Nc1cc(Cl)ccc1C(=O)N1CCCC1. The van der Waals surface area contributed by atoms with Gasteiger partial charge in [0.25, 0.3) is 5.91 Å². The van der Waals surface area contributed by atoms with Gasteiger partial charge in [0.1, 0.15) is 0 Å². The van der Waals surface area contributed by atoms with Crippen LogP contribution >= 0.6 is 23.2 Å². The Labute approximate surface area is 156 Å². The van der Waals surface area contributed by atoms with Crippen molar-refractivity contribution in [3.05, 3.63) is 63.6 Å². The number of hydrogen-bond acceptors (Lipinski definition) is 2. The van der Waals surface area contributed by atoms with Crippen molar-refractivity contribution in [2.45, 2.75) is 19.3 Å². The van der Waals surface area contributed by atoms with E-state index in [0.717, 1.165) is 31.5 Å². The molecule has 0 saturated carbocycles. The summed E-state index contributed by atoms with van der Waals surface area (Å²) in [5.74, 6) is -0.281. The van der Waals surface area contributed by atoms with E-state index in [1.165, 1.54) is 0 Å². The lowest BCUT2D eigenvalue weighted by Crippen LogP contribution is -2.29. The average Bonchev–Trinajstić information content (AvgIpc) is 3.11. The Balaban J connectivity index is 1.76. The number of carbonyl (C=O) groups is 2. The van der Waals surface area contributed by atoms with Gasteiger partial charge in [0.15, 0.2) is 0 Å². The minimum atomic E-state index is -0.208. The van der Waals surface area contributed by atoms with Crippen LogP contribution in [0.15, 0.2) is 42.5 Å². The molecule has 2 aromatic rings. The Morgan fingerprint density at radius 1 is 0.960 bits per heavy atom. The van der Waals surface area contributed by atoms with E-state index >= 15 is 0 Å². The van der Waals surface area contributed by atoms with Crippen LogP contribution in [0.1, 0.15) is 28.8 Å². The van der Waals surface area contributed by atoms with Gasteiger partial charge in [-0.3, -0.25) is 9.59 Å². The average molecular weight is 377 g/mol. The zero-order chi connectivity index (χ0) is 17.8. The highest BCUT2D eigenvalue weighted by molar-refractivity contribution is 6.31. The van der Waals surface area contributed by atoms with Crippen molar-refractivity contribution >= 4 is 40.7 Å². The summed E-state index contributed by atoms with van der Waals surface area (Å²) in [4.78, 5) is 26.8. The number of carbonyl (C=O) groups excluding carboxylic acids is 2. The molecule has 1 N–H and O–H groups in total. The topological polar surface area (TPSA) is 49.4 Å². The van der Waals surface area contributed by atoms with Crippen LogP contribution in [0.2, 0.25) is 10.0 Å². The summed E-state index contributed by atoms with van der Waals surface area (Å²) in [6.45, 7) is 1.50. The molecule has 0 aliphatic carbocycles. The Morgan fingerprint density at radius 2 is 1.60 bits per heavy atom. The molecule has 6 heteroatoms. The molecule has 0 radical (unpaired) electrons. The van der Waals surface area contributed by atoms with Crippen molar-refractivity contribution in [3.63, 3.8) is 0 Å². The van der Waals surface area contributed by atoms with E-state index in [1.54, 1.807) is 47.4 Å². The molecule has 130 valence electrons. The molecule has 1 fully saturated rings. The quantitative estimate of drug-likeness (QED) is 0.858. The van der Waals surface area contributed by atoms with Crippen molar-refractivity contribution in [2.75, 3.05) is 18.4 Å². The number of nitrogens with zero attached hydrogens (tertiary/aromatic N) is 1. The fourth-order valence-corrected chi connectivity index (χ4v) is 3.18. The van der Waals surface area contributed by atoms with Crippen molar-refractivity contribution in [3.8, 4) is 0 Å². The lowest BCUT2D eigenvalue weighted by atomic mass is 10.1. The number of rotatable bonds is 4. The number of amides is 2. The van der Waals surface area contributed by atoms with Gasteiger partial charge >= 0.3 is 0 Å². The monoisotopic (exact) mass is 376 g/mol. The lowest BCUT2D eigenvalue weighted by molar-refractivity contribution is -0.115. The second-order valence-electron chi connectivity index (χ2n) is 6.04. The maximum Gasteiger partial charge on any atom is 0.255 e. The largest absolute Gasteiger partial charge is 0.339 e. The minimum absolute atomic E-state index is 0.0732. The van der Waals surface area contributed by atoms with Crippen LogP contribution in [-0.2, 0) is 11.2 Å². The number of nitrogens with one attached hydrogen (secondary N) is 1. The molecular weight excluding hydrogens is 359 g/mol. The van der Waals surface area contributed by atoms with Gasteiger partial charge in [-0.25, -0.2) is 0 Å². The van der Waals surface area contributed by atoms with Crippen LogP contribution < -0.4 is 5.32 Å². The predicted molar refractivity (Wildman–Crippen MR) is 100 cm³/mol. The molecular formula is C19H18Cl2N2O2. The van der Waals surface area contributed by atoms with Crippen molar-refractivity contribution < 1.29 is 9.59 Å². The summed E-state index contributed by atoms with van der Waals surface area (Å²) in [6.07, 6.45) is 2.22. The Morgan fingerprint density at radius 3 is 2.28 bits per heavy atom. The Bertz CT molecular complexity index is 785. The third-order valence-corrected chi connectivity index (χ3v) is 4.64. The third-order valence-electron chi connectivity index (χ3n) is 4.16. The summed E-state index contributed by atoms with van der Waals surface area (Å²) < 4.78 is 0. The number of anilines is 1. The van der Waals surface area contributed by atoms with Crippen LogP contribution in [-0.4, -0.2) is 29.8 Å². The summed E-state index contributed by atoms with van der Waals surface area (Å²) in [6, 6.07) is 12.0. The highest BCUT2D eigenvalue weighted by Crippen LogP contribution is 2.24. The highest BCUT2D eigenvalue weighted by Gasteiger charge is 2.22. The molecule has 1 aliphatic rings. The summed E-state index contributed by atoms with van der Waals surface area (Å²) >= 11 is 11.9. The van der Waals surface area contributed by atoms with Crippen LogP contribution in [0.3, 0.4) is 0 Å². The van der Waals surface area contributed by atoms with E-state index in [-0.39, 0.29) is 18.2 Å². The van der Waals surface area contributed by atoms with Crippen LogP contribution in [0.25, 0.3) is 0 Å². The first-order valence-corrected chi connectivity index (χ1v) is 8.91. The molecule has 0 unspecified atom stereocenters. The molecule has 0 spiro atoms. The van der Waals surface area contributed by atoms with Gasteiger partial charge in [-0.1, -0.05) is 35.3 Å². The molecule has 2 aromatic carbocycles. The van der Waals surface area contributed by atoms with E-state index in [2.05, 4.69) is 5.32 Å². The molecule has 0 bridgehead atoms. The lowest BCUT2D eigenvalue weighted by Gasteiger charge is -2.18. The second kappa shape index (κ2) is 7.89. The van der Waals surface area contributed by atoms with Crippen LogP contribution in [0, 0.1) is 0 Å². The van der Waals surface area contributed by atoms with Gasteiger partial charge < -0.3 is 10.2 Å². The normalized spacial score (nSPS) is 13.8. The Kier molecular flexibility index (Phi) is 5.61. The molecule has 1 aliphatic heterocycles. The molecule has 25 heavy (non-hydrogen) atoms. The first-order chi connectivity index (χ1) is 12.0. The standard InChI is InChI=1S/C19H18Cl2N2O2/c20-14-5-3-13(4-6-14)11-18(24)22-17-12-15(21)7-8-16(17)19(25)23-9-1-2-10-23/h3-8,12H,1-2,9-11H2,(H,22,24). The molecule has 3 rings (SSSR count). The van der Waals surface area contributed by atoms with Gasteiger partial charge in [-0.15, -0.1) is 0 Å². The fourth-order valence-electron chi connectivity index (χ4n) is 2.88. The number of halogens is 2. The van der Waals surface area contributed by atoms with Crippen LogP contribution in [0.5, 0.6) is 0 Å². The fraction of sp³-hybridized carbons (Fsp3) is 0.263. The predicted octanol–water partition coefficient (Wildman–Crippen LogP) is 4.41. The third kappa shape index (κ3) is 4.53. The smallest absolute Gasteiger partial charge is 0.255 e. The molecule has 0 aromatic heterocycles. The molecule has 4 nitrogen and oxygen atoms in total. The van der Waals surface area contributed by atoms with Gasteiger partial charge in [0.2, 0.25) is 5.91 Å². The highest BCUT2D eigenvalue weighted by atomic mass is 35.5. The molecule has 1 saturated heterocycles. The molecule has 0 atom stereocenters. The Hall–Kier alpha value is -2.04. The van der Waals surface area contributed by atoms with Gasteiger partial charge in [-0.05, 0) is 48.7 Å². The maximum absolute atomic E-state index is 12.7. The summed E-state index contributed by atoms with van der Waals surface area (Å²) in [5.41, 5.74) is 1.76. The van der Waals surface area contributed by atoms with Gasteiger partial charge in [0.05, 0.1) is 17.7 Å². The number of benzene rings is 2. The first kappa shape index (κ1) is 17.8. The minimum Gasteiger partial charge on any atom is -0.339 e. The molecule has 1 heterocycles. The van der Waals surface area contributed by atoms with E-state index in [0.29, 0.717) is 21.3 Å².